The maximum absolute atomic E-state index is 13.5. The van der Waals surface area contributed by atoms with Gasteiger partial charge in [-0.15, -0.1) is 0 Å². The Kier molecular flexibility index (Phi) is 10.0. The average molecular weight is 711 g/mol. The van der Waals surface area contributed by atoms with Gasteiger partial charge in [0.25, 0.3) is 0 Å². The lowest BCUT2D eigenvalue weighted by atomic mass is 9.87. The zero-order chi connectivity index (χ0) is 36.6. The Hall–Kier alpha value is -5.45. The molecule has 0 aliphatic carbocycles. The van der Waals surface area contributed by atoms with E-state index in [1.165, 1.54) is 0 Å². The highest BCUT2D eigenvalue weighted by molar-refractivity contribution is 6.13. The molecule has 3 heterocycles. The van der Waals surface area contributed by atoms with Crippen LogP contribution in [0.4, 0.5) is 0 Å². The molecule has 16 nitrogen and oxygen atoms in total. The summed E-state index contributed by atoms with van der Waals surface area (Å²) in [6, 6.07) is 8.29. The fraction of sp³-hybridized carbons (Fsp3) is 0.400. The number of rotatable bonds is 10. The Labute approximate surface area is 290 Å². The summed E-state index contributed by atoms with van der Waals surface area (Å²) in [5, 5.41) is 21.2. The molecule has 0 radical (unpaired) electrons. The van der Waals surface area contributed by atoms with Crippen molar-refractivity contribution in [2.45, 2.75) is 78.2 Å². The second kappa shape index (κ2) is 14.4. The number of aliphatic hydroxyl groups excluding tert-OH is 2. The van der Waals surface area contributed by atoms with Crippen molar-refractivity contribution in [1.29, 1.82) is 0 Å². The number of carbonyl (C=O) groups excluding carboxylic acids is 5. The molecule has 0 spiro atoms. The summed E-state index contributed by atoms with van der Waals surface area (Å²) in [6.07, 6.45) is -7.47. The third-order valence-electron chi connectivity index (χ3n) is 8.42. The van der Waals surface area contributed by atoms with E-state index in [1.54, 1.807) is 30.3 Å². The first-order valence-corrected chi connectivity index (χ1v) is 15.8. The molecule has 270 valence electrons. The van der Waals surface area contributed by atoms with Crippen molar-refractivity contribution in [3.8, 4) is 28.4 Å². The van der Waals surface area contributed by atoms with Gasteiger partial charge in [-0.1, -0.05) is 6.07 Å². The smallest absolute Gasteiger partial charge is 0.339 e. The molecule has 0 aromatic heterocycles. The Morgan fingerprint density at radius 1 is 0.745 bits per heavy atom. The molecule has 51 heavy (non-hydrogen) atoms. The third kappa shape index (κ3) is 6.97. The molecule has 3 aromatic carbocycles. The topological polar surface area (TPSA) is 209 Å². The van der Waals surface area contributed by atoms with E-state index < -0.39 is 80.4 Å². The molecule has 3 aromatic rings. The van der Waals surface area contributed by atoms with Gasteiger partial charge >= 0.3 is 29.8 Å². The van der Waals surface area contributed by atoms with E-state index in [-0.39, 0.29) is 30.3 Å². The highest BCUT2D eigenvalue weighted by Crippen LogP contribution is 2.48. The molecule has 5 atom stereocenters. The Bertz CT molecular complexity index is 1920. The fourth-order valence-corrected chi connectivity index (χ4v) is 6.40. The van der Waals surface area contributed by atoms with E-state index in [4.69, 9.17) is 42.6 Å². The van der Waals surface area contributed by atoms with Crippen molar-refractivity contribution >= 4 is 40.6 Å². The van der Waals surface area contributed by atoms with Crippen LogP contribution in [-0.2, 0) is 67.4 Å². The Morgan fingerprint density at radius 2 is 1.37 bits per heavy atom. The van der Waals surface area contributed by atoms with Crippen molar-refractivity contribution in [1.82, 2.24) is 0 Å². The molecule has 1 fully saturated rings. The predicted molar refractivity (Wildman–Crippen MR) is 169 cm³/mol. The molecule has 2 N–H and O–H groups in total. The molecule has 0 bridgehead atoms. The number of hydrogen-bond acceptors (Lipinski definition) is 16. The second-order valence-electron chi connectivity index (χ2n) is 11.9. The summed E-state index contributed by atoms with van der Waals surface area (Å²) in [4.78, 5) is 62.3. The Balaban J connectivity index is 1.57. The molecule has 3 aliphatic heterocycles. The lowest BCUT2D eigenvalue weighted by Gasteiger charge is -2.44. The molecule has 3 aliphatic rings. The fourth-order valence-electron chi connectivity index (χ4n) is 6.40. The van der Waals surface area contributed by atoms with Gasteiger partial charge in [-0.05, 0) is 46.3 Å². The lowest BCUT2D eigenvalue weighted by Crippen LogP contribution is -2.63. The van der Waals surface area contributed by atoms with Crippen LogP contribution >= 0.6 is 0 Å². The number of carbonyl (C=O) groups is 5. The number of cyclic esters (lactones) is 1. The quantitative estimate of drug-likeness (QED) is 0.229. The number of fused-ring (bicyclic) bond motifs is 3. The van der Waals surface area contributed by atoms with E-state index >= 15 is 0 Å². The number of hydrogen-bond donors (Lipinski definition) is 2. The van der Waals surface area contributed by atoms with Gasteiger partial charge in [0.1, 0.15) is 25.1 Å². The molecule has 1 saturated heterocycles. The lowest BCUT2D eigenvalue weighted by molar-refractivity contribution is -0.288. The largest absolute Gasteiger partial charge is 0.463 e. The molecule has 5 unspecified atom stereocenters. The van der Waals surface area contributed by atoms with Crippen LogP contribution in [-0.4, -0.2) is 84.2 Å². The van der Waals surface area contributed by atoms with Gasteiger partial charge in [0, 0.05) is 44.2 Å². The normalized spacial score (nSPS) is 21.8. The summed E-state index contributed by atoms with van der Waals surface area (Å²) in [5.41, 5.74) is 2.01. The van der Waals surface area contributed by atoms with Crippen molar-refractivity contribution < 1.29 is 76.8 Å². The maximum Gasteiger partial charge on any atom is 0.339 e. The van der Waals surface area contributed by atoms with Crippen LogP contribution in [0.3, 0.4) is 0 Å². The number of ether oxygens (including phenoxy) is 9. The van der Waals surface area contributed by atoms with Crippen LogP contribution < -0.4 is 14.2 Å². The van der Waals surface area contributed by atoms with Crippen LogP contribution in [0.15, 0.2) is 30.3 Å². The van der Waals surface area contributed by atoms with Gasteiger partial charge in [-0.25, -0.2) is 4.79 Å². The van der Waals surface area contributed by atoms with Crippen LogP contribution in [0.5, 0.6) is 17.2 Å². The zero-order valence-electron chi connectivity index (χ0n) is 27.9. The van der Waals surface area contributed by atoms with Gasteiger partial charge < -0.3 is 52.8 Å². The van der Waals surface area contributed by atoms with E-state index in [1.807, 2.05) is 0 Å². The summed E-state index contributed by atoms with van der Waals surface area (Å²) >= 11 is 0. The summed E-state index contributed by atoms with van der Waals surface area (Å²) in [6.45, 7) is 2.76. The van der Waals surface area contributed by atoms with Crippen LogP contribution in [0.2, 0.25) is 0 Å². The SMILES string of the molecule is CC(=O)OCC1OC(Oc2c3c(c(-c4ccc5c(c4)OCO5)c4cc(CO)c(CO)cc24)C(=O)OC3)C(OC(C)=O)C(OC(C)=O)C1OC(C)=O. The van der Waals surface area contributed by atoms with Gasteiger partial charge in [0.05, 0.1) is 18.8 Å². The second-order valence-corrected chi connectivity index (χ2v) is 11.9. The summed E-state index contributed by atoms with van der Waals surface area (Å²) in [7, 11) is 0. The minimum absolute atomic E-state index is 0.00966. The average Bonchev–Trinajstić information content (AvgIpc) is 3.71. The van der Waals surface area contributed by atoms with Crippen LogP contribution in [0.1, 0.15) is 54.7 Å². The van der Waals surface area contributed by atoms with E-state index in [9.17, 15) is 34.2 Å². The van der Waals surface area contributed by atoms with Gasteiger partial charge in [0.2, 0.25) is 19.2 Å². The van der Waals surface area contributed by atoms with Gasteiger partial charge in [0.15, 0.2) is 23.7 Å². The minimum Gasteiger partial charge on any atom is -0.463 e. The Morgan fingerprint density at radius 3 is 2.02 bits per heavy atom. The number of benzene rings is 3. The highest BCUT2D eigenvalue weighted by atomic mass is 16.7. The molecule has 0 saturated carbocycles. The van der Waals surface area contributed by atoms with E-state index in [0.717, 1.165) is 27.7 Å². The molecular formula is C35H34O16. The number of aliphatic hydroxyl groups is 2. The van der Waals surface area contributed by atoms with Crippen molar-refractivity contribution in [3.05, 3.63) is 52.6 Å². The van der Waals surface area contributed by atoms with E-state index in [0.29, 0.717) is 44.5 Å². The first-order valence-electron chi connectivity index (χ1n) is 15.8. The predicted octanol–water partition coefficient (Wildman–Crippen LogP) is 2.35. The van der Waals surface area contributed by atoms with Crippen LogP contribution in [0, 0.1) is 0 Å². The standard InChI is InChI=1S/C35H34O16/c1-15(38)43-13-27-31(47-16(2)39)32(48-17(3)40)33(49-18(4)41)35(50-27)51-30-23-8-21(11-37)20(10-36)7-22(23)28(29-24(30)12-44-34(29)42)19-5-6-25-26(9-19)46-14-45-25/h5-9,27,31-33,35-37H,10-14H2,1-4H3. The molecule has 16 heteroatoms. The van der Waals surface area contributed by atoms with Crippen LogP contribution in [0.25, 0.3) is 21.9 Å². The maximum atomic E-state index is 13.5. The zero-order valence-corrected chi connectivity index (χ0v) is 27.9. The molecule has 6 rings (SSSR count). The molecular weight excluding hydrogens is 676 g/mol. The monoisotopic (exact) mass is 710 g/mol. The highest BCUT2D eigenvalue weighted by Gasteiger charge is 2.54. The van der Waals surface area contributed by atoms with Crippen molar-refractivity contribution in [2.24, 2.45) is 0 Å². The van der Waals surface area contributed by atoms with E-state index in [2.05, 4.69) is 0 Å². The van der Waals surface area contributed by atoms with Gasteiger partial charge in [-0.2, -0.15) is 0 Å². The third-order valence-corrected chi connectivity index (χ3v) is 8.42. The minimum atomic E-state index is -1.64. The van der Waals surface area contributed by atoms with Crippen molar-refractivity contribution in [2.75, 3.05) is 13.4 Å². The molecule has 0 amide bonds. The number of esters is 5. The van der Waals surface area contributed by atoms with Crippen molar-refractivity contribution in [3.63, 3.8) is 0 Å². The van der Waals surface area contributed by atoms with Gasteiger partial charge in [-0.3, -0.25) is 19.2 Å². The first-order chi connectivity index (χ1) is 24.4. The first kappa shape index (κ1) is 35.4. The summed E-state index contributed by atoms with van der Waals surface area (Å²) in [5.74, 6) is -2.90. The summed E-state index contributed by atoms with van der Waals surface area (Å²) < 4.78 is 51.1.